The van der Waals surface area contributed by atoms with Crippen molar-refractivity contribution in [2.45, 2.75) is 10.3 Å². The molecule has 1 aromatic rings. The lowest BCUT2D eigenvalue weighted by Crippen LogP contribution is -2.41. The molecule has 0 aromatic carbocycles. The van der Waals surface area contributed by atoms with Gasteiger partial charge < -0.3 is 5.32 Å². The van der Waals surface area contributed by atoms with Gasteiger partial charge in [0.25, 0.3) is 5.91 Å². The van der Waals surface area contributed by atoms with Crippen LogP contribution >= 0.6 is 11.3 Å². The summed E-state index contributed by atoms with van der Waals surface area (Å²) >= 11 is 1.08. The molecule has 7 nitrogen and oxygen atoms in total. The highest BCUT2D eigenvalue weighted by molar-refractivity contribution is 7.91. The summed E-state index contributed by atoms with van der Waals surface area (Å²) in [6.45, 7) is -0.169. The second-order valence-corrected chi connectivity index (χ2v) is 6.24. The average Bonchev–Trinajstić information content (AvgIpc) is 2.85. The number of carbonyl (C=O) groups excluding carboxylic acids is 2. The Morgan fingerprint density at radius 1 is 1.41 bits per heavy atom. The molecule has 2 heterocycles. The molecule has 1 aliphatic rings. The standard InChI is InChI=1S/C8H9N3O4S2/c12-7-5(10-8(13)11-7)4-9-17(14,15)6-2-1-3-16-6/h1-3,5,9H,4H2,(H2,10,11,12,13). The zero-order valence-corrected chi connectivity index (χ0v) is 10.1. The molecule has 3 amide bonds. The van der Waals surface area contributed by atoms with Crippen molar-refractivity contribution in [3.8, 4) is 0 Å². The summed E-state index contributed by atoms with van der Waals surface area (Å²) in [5.74, 6) is -0.538. The molecule has 1 unspecified atom stereocenters. The number of urea groups is 1. The predicted octanol–water partition coefficient (Wildman–Crippen LogP) is -0.766. The zero-order valence-electron chi connectivity index (χ0n) is 8.47. The van der Waals surface area contributed by atoms with Crippen molar-refractivity contribution in [2.24, 2.45) is 0 Å². The summed E-state index contributed by atoms with van der Waals surface area (Å²) in [6, 6.07) is 1.59. The van der Waals surface area contributed by atoms with Crippen molar-refractivity contribution in [1.29, 1.82) is 0 Å². The third-order valence-corrected chi connectivity index (χ3v) is 4.92. The van der Waals surface area contributed by atoms with E-state index in [1.807, 2.05) is 5.32 Å². The predicted molar refractivity (Wildman–Crippen MR) is 60.0 cm³/mol. The quantitative estimate of drug-likeness (QED) is 0.628. The van der Waals surface area contributed by atoms with E-state index in [0.717, 1.165) is 11.3 Å². The minimum absolute atomic E-state index is 0.169. The van der Waals surface area contributed by atoms with Gasteiger partial charge in [-0.25, -0.2) is 17.9 Å². The van der Waals surface area contributed by atoms with E-state index in [2.05, 4.69) is 10.0 Å². The Bertz CT molecular complexity index is 537. The molecule has 0 radical (unpaired) electrons. The van der Waals surface area contributed by atoms with Crippen LogP contribution in [0.1, 0.15) is 0 Å². The molecule has 0 saturated carbocycles. The van der Waals surface area contributed by atoms with Crippen LogP contribution in [0.3, 0.4) is 0 Å². The summed E-state index contributed by atoms with van der Waals surface area (Å²) in [6.07, 6.45) is 0. The maximum atomic E-state index is 11.7. The number of hydrogen-bond donors (Lipinski definition) is 3. The summed E-state index contributed by atoms with van der Waals surface area (Å²) in [5.41, 5.74) is 0. The van der Waals surface area contributed by atoms with Gasteiger partial charge in [-0.3, -0.25) is 10.1 Å². The smallest absolute Gasteiger partial charge is 0.322 e. The van der Waals surface area contributed by atoms with Crippen molar-refractivity contribution in [1.82, 2.24) is 15.4 Å². The first-order valence-corrected chi connectivity index (χ1v) is 7.00. The van der Waals surface area contributed by atoms with Crippen molar-refractivity contribution in [2.75, 3.05) is 6.54 Å². The number of nitrogens with one attached hydrogen (secondary N) is 3. The van der Waals surface area contributed by atoms with Crippen molar-refractivity contribution in [3.63, 3.8) is 0 Å². The molecule has 0 bridgehead atoms. The molecule has 1 saturated heterocycles. The van der Waals surface area contributed by atoms with Crippen LogP contribution in [0, 0.1) is 0 Å². The van der Waals surface area contributed by atoms with E-state index in [1.165, 1.54) is 6.07 Å². The number of hydrogen-bond acceptors (Lipinski definition) is 5. The lowest BCUT2D eigenvalue weighted by molar-refractivity contribution is -0.120. The van der Waals surface area contributed by atoms with E-state index in [0.29, 0.717) is 0 Å². The molecule has 1 aliphatic heterocycles. The first kappa shape index (κ1) is 12.0. The Labute approximate surface area is 101 Å². The molecule has 2 rings (SSSR count). The third-order valence-electron chi connectivity index (χ3n) is 2.10. The minimum atomic E-state index is -3.61. The summed E-state index contributed by atoms with van der Waals surface area (Å²) in [7, 11) is -3.61. The van der Waals surface area contributed by atoms with Gasteiger partial charge in [0.05, 0.1) is 0 Å². The molecule has 0 aliphatic carbocycles. The summed E-state index contributed by atoms with van der Waals surface area (Å²) < 4.78 is 25.8. The number of rotatable bonds is 4. The van der Waals surface area contributed by atoms with Gasteiger partial charge in [-0.1, -0.05) is 6.07 Å². The van der Waals surface area contributed by atoms with Crippen molar-refractivity contribution >= 4 is 33.3 Å². The van der Waals surface area contributed by atoms with Crippen LogP contribution in [0.5, 0.6) is 0 Å². The fraction of sp³-hybridized carbons (Fsp3) is 0.250. The topological polar surface area (TPSA) is 104 Å². The van der Waals surface area contributed by atoms with Gasteiger partial charge in [-0.15, -0.1) is 11.3 Å². The lowest BCUT2D eigenvalue weighted by atomic mass is 10.3. The Morgan fingerprint density at radius 2 is 2.18 bits per heavy atom. The Hall–Kier alpha value is -1.45. The van der Waals surface area contributed by atoms with Gasteiger partial charge in [-0.05, 0) is 11.4 Å². The number of imide groups is 1. The molecule has 92 valence electrons. The van der Waals surface area contributed by atoms with Crippen LogP contribution in [0.15, 0.2) is 21.7 Å². The highest BCUT2D eigenvalue weighted by atomic mass is 32.2. The lowest BCUT2D eigenvalue weighted by Gasteiger charge is -2.08. The van der Waals surface area contributed by atoms with Crippen LogP contribution in [0.2, 0.25) is 0 Å². The first-order chi connectivity index (χ1) is 7.99. The zero-order chi connectivity index (χ0) is 12.5. The van der Waals surface area contributed by atoms with E-state index in [9.17, 15) is 18.0 Å². The molecule has 9 heteroatoms. The molecule has 1 atom stereocenters. The number of thiophene rings is 1. The van der Waals surface area contributed by atoms with Crippen LogP contribution in [0.25, 0.3) is 0 Å². The summed E-state index contributed by atoms with van der Waals surface area (Å²) in [4.78, 5) is 22.0. The minimum Gasteiger partial charge on any atom is -0.325 e. The van der Waals surface area contributed by atoms with Gasteiger partial charge in [0.15, 0.2) is 0 Å². The second kappa shape index (κ2) is 4.43. The molecule has 17 heavy (non-hydrogen) atoms. The van der Waals surface area contributed by atoms with E-state index in [4.69, 9.17) is 0 Å². The molecule has 1 aromatic heterocycles. The first-order valence-electron chi connectivity index (χ1n) is 4.63. The maximum absolute atomic E-state index is 11.7. The highest BCUT2D eigenvalue weighted by Gasteiger charge is 2.30. The SMILES string of the molecule is O=C1NC(=O)C(CNS(=O)(=O)c2cccs2)N1. The van der Waals surface area contributed by atoms with Crippen LogP contribution < -0.4 is 15.4 Å². The fourth-order valence-electron chi connectivity index (χ4n) is 1.28. The van der Waals surface area contributed by atoms with E-state index in [1.54, 1.807) is 11.4 Å². The number of amides is 3. The number of sulfonamides is 1. The van der Waals surface area contributed by atoms with Gasteiger partial charge in [-0.2, -0.15) is 0 Å². The molecule has 0 spiro atoms. The molecular formula is C8H9N3O4S2. The fourth-order valence-corrected chi connectivity index (χ4v) is 3.37. The van der Waals surface area contributed by atoms with Crippen molar-refractivity contribution < 1.29 is 18.0 Å². The molecular weight excluding hydrogens is 266 g/mol. The maximum Gasteiger partial charge on any atom is 0.322 e. The summed E-state index contributed by atoms with van der Waals surface area (Å²) in [5, 5.41) is 5.95. The van der Waals surface area contributed by atoms with Gasteiger partial charge >= 0.3 is 6.03 Å². The second-order valence-electron chi connectivity index (χ2n) is 3.30. The Kier molecular flexibility index (Phi) is 3.13. The Balaban J connectivity index is 1.99. The van der Waals surface area contributed by atoms with Gasteiger partial charge in [0, 0.05) is 6.54 Å². The van der Waals surface area contributed by atoms with Crippen LogP contribution in [-0.2, 0) is 14.8 Å². The highest BCUT2D eigenvalue weighted by Crippen LogP contribution is 2.15. The van der Waals surface area contributed by atoms with E-state index >= 15 is 0 Å². The Morgan fingerprint density at radius 3 is 2.71 bits per heavy atom. The normalized spacial score (nSPS) is 20.1. The largest absolute Gasteiger partial charge is 0.325 e. The van der Waals surface area contributed by atoms with E-state index < -0.39 is 28.0 Å². The third kappa shape index (κ3) is 2.62. The molecule has 3 N–H and O–H groups in total. The average molecular weight is 275 g/mol. The van der Waals surface area contributed by atoms with Crippen LogP contribution in [0.4, 0.5) is 4.79 Å². The number of carbonyl (C=O) groups is 2. The molecule has 1 fully saturated rings. The van der Waals surface area contributed by atoms with Crippen molar-refractivity contribution in [3.05, 3.63) is 17.5 Å². The van der Waals surface area contributed by atoms with E-state index in [-0.39, 0.29) is 10.8 Å². The van der Waals surface area contributed by atoms with Gasteiger partial charge in [0.2, 0.25) is 10.0 Å². The van der Waals surface area contributed by atoms with Crippen LogP contribution in [-0.4, -0.2) is 32.9 Å². The monoisotopic (exact) mass is 275 g/mol. The van der Waals surface area contributed by atoms with Gasteiger partial charge in [0.1, 0.15) is 10.3 Å².